The zero-order valence-corrected chi connectivity index (χ0v) is 8.07. The third-order valence-electron chi connectivity index (χ3n) is 0.547. The first-order chi connectivity index (χ1) is 2.77. The molecule has 8 heavy (non-hydrogen) atoms. The molecule has 0 saturated carbocycles. The maximum atomic E-state index is 8.11. The smallest absolute Gasteiger partial charge is 0.151 e. The normalized spacial score (nSPS) is 7.50. The maximum Gasteiger partial charge on any atom is 0.151 e. The van der Waals surface area contributed by atoms with Crippen molar-refractivity contribution in [2.75, 3.05) is 0 Å². The fourth-order valence-electron chi connectivity index (χ4n) is 0.258. The molecule has 0 aromatic carbocycles. The van der Waals surface area contributed by atoms with E-state index < -0.39 is 6.29 Å². The third-order valence-corrected chi connectivity index (χ3v) is 0.547. The first-order valence-electron chi connectivity index (χ1n) is 2.13. The van der Waals surface area contributed by atoms with Crippen molar-refractivity contribution in [2.45, 2.75) is 26.1 Å². The van der Waals surface area contributed by atoms with Crippen LogP contribution in [0.4, 0.5) is 0 Å². The van der Waals surface area contributed by atoms with Crippen molar-refractivity contribution in [3.05, 3.63) is 0 Å². The Kier molecular flexibility index (Phi) is 22.7. The predicted molar refractivity (Wildman–Crippen MR) is 28.9 cm³/mol. The van der Waals surface area contributed by atoms with Gasteiger partial charge in [0.05, 0.1) is 0 Å². The number of aliphatic hydroxyl groups excluding tert-OH is 1. The van der Waals surface area contributed by atoms with E-state index in [0.29, 0.717) is 6.42 Å². The summed E-state index contributed by atoms with van der Waals surface area (Å²) >= 11 is 0. The van der Waals surface area contributed by atoms with Gasteiger partial charge < -0.3 is 10.2 Å². The van der Waals surface area contributed by atoms with Gasteiger partial charge in [0.25, 0.3) is 0 Å². The molecule has 0 aromatic rings. The fraction of sp³-hybridized carbons (Fsp3) is 1.00. The van der Waals surface area contributed by atoms with Gasteiger partial charge in [-0.25, -0.2) is 0 Å². The monoisotopic (exact) mass is 162 g/mol. The van der Waals surface area contributed by atoms with Crippen molar-refractivity contribution in [1.29, 1.82) is 0 Å². The molecule has 0 fully saturated rings. The Hall–Kier alpha value is 1.40. The van der Waals surface area contributed by atoms with Crippen LogP contribution in [0.15, 0.2) is 0 Å². The zero-order chi connectivity index (χ0) is 4.99. The average molecular weight is 162 g/mol. The van der Waals surface area contributed by atoms with E-state index in [-0.39, 0.29) is 44.8 Å². The summed E-state index contributed by atoms with van der Waals surface area (Å²) < 4.78 is 0. The Labute approximate surface area is 80.7 Å². The minimum Gasteiger partial charge on any atom is -0.368 e. The van der Waals surface area contributed by atoms with Crippen LogP contribution in [-0.2, 0) is 21.7 Å². The topological polar surface area (TPSA) is 40.5 Å². The summed E-state index contributed by atoms with van der Waals surface area (Å²) in [7, 11) is 0. The van der Waals surface area contributed by atoms with Gasteiger partial charge in [-0.3, -0.25) is 0 Å². The third kappa shape index (κ3) is 15.7. The summed E-state index contributed by atoms with van der Waals surface area (Å²) in [5, 5.41) is 16.2. The maximum absolute atomic E-state index is 8.11. The van der Waals surface area contributed by atoms with Gasteiger partial charge in [0, 0.05) is 44.8 Å². The Morgan fingerprint density at radius 3 is 1.75 bits per heavy atom. The molecule has 0 aromatic heterocycles. The van der Waals surface area contributed by atoms with Crippen LogP contribution in [0.1, 0.15) is 19.8 Å². The van der Waals surface area contributed by atoms with Gasteiger partial charge in [-0.1, -0.05) is 13.3 Å². The molecule has 2 nitrogen and oxygen atoms in total. The van der Waals surface area contributed by atoms with Crippen LogP contribution in [0, 0.1) is 0 Å². The van der Waals surface area contributed by atoms with Crippen molar-refractivity contribution in [2.24, 2.45) is 0 Å². The number of rotatable bonds is 2. The molecule has 0 heterocycles. The van der Waals surface area contributed by atoms with Crippen molar-refractivity contribution in [3.63, 3.8) is 0 Å². The van der Waals surface area contributed by atoms with Gasteiger partial charge in [-0.15, -0.1) is 0 Å². The molecule has 4 heteroatoms. The standard InChI is InChI=1S/C4H10O2.Mg.Ti/c1-2-3-4(5)6;;/h4-6H,2-3H2,1H3;;. The van der Waals surface area contributed by atoms with E-state index in [9.17, 15) is 0 Å². The number of hydrogen-bond acceptors (Lipinski definition) is 2. The fourth-order valence-corrected chi connectivity index (χ4v) is 0.258. The molecule has 44 valence electrons. The second-order valence-corrected chi connectivity index (χ2v) is 1.27. The van der Waals surface area contributed by atoms with Gasteiger partial charge in [-0.05, 0) is 6.42 Å². The Morgan fingerprint density at radius 2 is 1.75 bits per heavy atom. The predicted octanol–water partition coefficient (Wildman–Crippen LogP) is -0.286. The molecule has 0 aliphatic rings. The van der Waals surface area contributed by atoms with Crippen LogP contribution in [0.3, 0.4) is 0 Å². The van der Waals surface area contributed by atoms with Gasteiger partial charge in [0.2, 0.25) is 0 Å². The summed E-state index contributed by atoms with van der Waals surface area (Å²) in [6.45, 7) is 1.90. The molecular weight excluding hydrogens is 152 g/mol. The van der Waals surface area contributed by atoms with Crippen LogP contribution >= 0.6 is 0 Å². The Morgan fingerprint density at radius 1 is 1.38 bits per heavy atom. The van der Waals surface area contributed by atoms with Crippen molar-refractivity contribution in [1.82, 2.24) is 0 Å². The molecular formula is C4H10MgO2Ti. The SMILES string of the molecule is CCCC(O)O.[Mg].[Ti]. The summed E-state index contributed by atoms with van der Waals surface area (Å²) in [5.41, 5.74) is 0. The minimum atomic E-state index is -1.10. The van der Waals surface area contributed by atoms with Gasteiger partial charge in [-0.2, -0.15) is 0 Å². The van der Waals surface area contributed by atoms with Crippen LogP contribution in [0.2, 0.25) is 0 Å². The molecule has 0 bridgehead atoms. The summed E-state index contributed by atoms with van der Waals surface area (Å²) in [5.74, 6) is 0. The van der Waals surface area contributed by atoms with Crippen molar-refractivity contribution < 1.29 is 31.9 Å². The Balaban J connectivity index is -0.000000125. The molecule has 2 N–H and O–H groups in total. The van der Waals surface area contributed by atoms with Crippen LogP contribution in [-0.4, -0.2) is 39.6 Å². The Bertz CT molecular complexity index is 35.2. The van der Waals surface area contributed by atoms with Crippen molar-refractivity contribution >= 4 is 23.1 Å². The van der Waals surface area contributed by atoms with Gasteiger partial charge >= 0.3 is 0 Å². The van der Waals surface area contributed by atoms with E-state index in [2.05, 4.69) is 0 Å². The zero-order valence-electron chi connectivity index (χ0n) is 5.09. The number of aliphatic hydroxyl groups is 2. The van der Waals surface area contributed by atoms with E-state index in [1.807, 2.05) is 6.92 Å². The molecule has 0 saturated heterocycles. The van der Waals surface area contributed by atoms with Crippen LogP contribution in [0.5, 0.6) is 0 Å². The molecule has 0 spiro atoms. The van der Waals surface area contributed by atoms with Gasteiger partial charge in [0.15, 0.2) is 6.29 Å². The molecule has 2 radical (unpaired) electrons. The van der Waals surface area contributed by atoms with Crippen LogP contribution < -0.4 is 0 Å². The molecule has 0 unspecified atom stereocenters. The molecule has 0 aliphatic carbocycles. The van der Waals surface area contributed by atoms with Gasteiger partial charge in [0.1, 0.15) is 0 Å². The van der Waals surface area contributed by atoms with E-state index in [1.165, 1.54) is 0 Å². The minimum absolute atomic E-state index is 0. The van der Waals surface area contributed by atoms with Crippen LogP contribution in [0.25, 0.3) is 0 Å². The molecule has 0 amide bonds. The first-order valence-corrected chi connectivity index (χ1v) is 2.13. The second kappa shape index (κ2) is 11.2. The largest absolute Gasteiger partial charge is 0.368 e. The van der Waals surface area contributed by atoms with E-state index in [1.54, 1.807) is 0 Å². The van der Waals surface area contributed by atoms with E-state index >= 15 is 0 Å². The summed E-state index contributed by atoms with van der Waals surface area (Å²) in [4.78, 5) is 0. The summed E-state index contributed by atoms with van der Waals surface area (Å²) in [6.07, 6.45) is 0.215. The second-order valence-electron chi connectivity index (χ2n) is 1.27. The molecule has 0 rings (SSSR count). The van der Waals surface area contributed by atoms with Crippen molar-refractivity contribution in [3.8, 4) is 0 Å². The van der Waals surface area contributed by atoms with E-state index in [4.69, 9.17) is 10.2 Å². The average Bonchev–Trinajstić information content (AvgIpc) is 1.35. The number of hydrogen-bond donors (Lipinski definition) is 2. The van der Waals surface area contributed by atoms with E-state index in [0.717, 1.165) is 6.42 Å². The molecule has 0 atom stereocenters. The molecule has 0 aliphatic heterocycles. The quantitative estimate of drug-likeness (QED) is 0.433. The summed E-state index contributed by atoms with van der Waals surface area (Å²) in [6, 6.07) is 0. The first kappa shape index (κ1) is 16.2.